The highest BCUT2D eigenvalue weighted by Gasteiger charge is 2.30. The number of aliphatic hydroxyl groups excluding tert-OH is 1. The third-order valence-electron chi connectivity index (χ3n) is 4.63. The van der Waals surface area contributed by atoms with Crippen LogP contribution in [0.25, 0.3) is 11.2 Å². The molecular weight excluding hydrogens is 346 g/mol. The normalized spacial score (nSPS) is 20.9. The monoisotopic (exact) mass is 369 g/mol. The quantitative estimate of drug-likeness (QED) is 0.702. The van der Waals surface area contributed by atoms with Crippen molar-refractivity contribution in [2.75, 3.05) is 38.7 Å². The Balaban J connectivity index is 1.62. The van der Waals surface area contributed by atoms with Gasteiger partial charge < -0.3 is 14.7 Å². The van der Waals surface area contributed by atoms with Crippen molar-refractivity contribution in [3.05, 3.63) is 42.7 Å². The van der Waals surface area contributed by atoms with Gasteiger partial charge in [-0.05, 0) is 11.6 Å². The van der Waals surface area contributed by atoms with Crippen LogP contribution in [0.15, 0.2) is 37.2 Å². The zero-order chi connectivity index (χ0) is 18.8. The van der Waals surface area contributed by atoms with Crippen molar-refractivity contribution >= 4 is 17.0 Å². The standard InChI is InChI=1S/C18H23N7O2/c1-23(2)17-16-18(21-11-20-17)25(12-22-16)15-9-24(8-14(10-26)27-15)7-13-4-3-5-19-6-13/h3-6,11-12,14-15,26H,7-10H2,1-2H3/t14-,15+/m0/s1. The summed E-state index contributed by atoms with van der Waals surface area (Å²) in [5, 5.41) is 9.70. The van der Waals surface area contributed by atoms with Crippen molar-refractivity contribution < 1.29 is 9.84 Å². The van der Waals surface area contributed by atoms with Crippen LogP contribution < -0.4 is 4.90 Å². The van der Waals surface area contributed by atoms with Gasteiger partial charge in [-0.3, -0.25) is 14.5 Å². The van der Waals surface area contributed by atoms with Gasteiger partial charge in [0.1, 0.15) is 12.6 Å². The summed E-state index contributed by atoms with van der Waals surface area (Å²) in [4.78, 5) is 21.6. The molecule has 27 heavy (non-hydrogen) atoms. The first kappa shape index (κ1) is 17.8. The van der Waals surface area contributed by atoms with Crippen LogP contribution in [0, 0.1) is 0 Å². The molecule has 0 bridgehead atoms. The largest absolute Gasteiger partial charge is 0.394 e. The predicted molar refractivity (Wildman–Crippen MR) is 100 cm³/mol. The van der Waals surface area contributed by atoms with E-state index in [2.05, 4.69) is 30.9 Å². The molecule has 0 spiro atoms. The van der Waals surface area contributed by atoms with Crippen LogP contribution in [0.4, 0.5) is 5.82 Å². The van der Waals surface area contributed by atoms with Crippen LogP contribution in [0.2, 0.25) is 0 Å². The van der Waals surface area contributed by atoms with Crippen LogP contribution in [0.5, 0.6) is 0 Å². The Hall–Kier alpha value is -2.62. The van der Waals surface area contributed by atoms with Crippen molar-refractivity contribution in [3.63, 3.8) is 0 Å². The third-order valence-corrected chi connectivity index (χ3v) is 4.63. The Kier molecular flexibility index (Phi) is 4.97. The van der Waals surface area contributed by atoms with Crippen LogP contribution in [0.3, 0.4) is 0 Å². The summed E-state index contributed by atoms with van der Waals surface area (Å²) in [7, 11) is 3.85. The number of imidazole rings is 1. The number of aromatic nitrogens is 5. The summed E-state index contributed by atoms with van der Waals surface area (Å²) in [5.74, 6) is 0.764. The van der Waals surface area contributed by atoms with E-state index < -0.39 is 0 Å². The van der Waals surface area contributed by atoms with Crippen molar-refractivity contribution in [3.8, 4) is 0 Å². The number of ether oxygens (including phenoxy) is 1. The molecule has 0 aliphatic carbocycles. The highest BCUT2D eigenvalue weighted by Crippen LogP contribution is 2.27. The lowest BCUT2D eigenvalue weighted by Gasteiger charge is -2.37. The van der Waals surface area contributed by atoms with Crippen molar-refractivity contribution in [1.82, 2.24) is 29.4 Å². The number of anilines is 1. The second-order valence-electron chi connectivity index (χ2n) is 6.87. The maximum atomic E-state index is 9.70. The van der Waals surface area contributed by atoms with Gasteiger partial charge in [0.05, 0.1) is 19.0 Å². The topological polar surface area (TPSA) is 92.4 Å². The average Bonchev–Trinajstić information content (AvgIpc) is 3.12. The smallest absolute Gasteiger partial charge is 0.167 e. The van der Waals surface area contributed by atoms with Gasteiger partial charge in [-0.1, -0.05) is 6.07 Å². The maximum absolute atomic E-state index is 9.70. The van der Waals surface area contributed by atoms with E-state index >= 15 is 0 Å². The molecule has 9 nitrogen and oxygen atoms in total. The molecule has 1 aliphatic rings. The maximum Gasteiger partial charge on any atom is 0.167 e. The van der Waals surface area contributed by atoms with E-state index in [0.717, 1.165) is 29.1 Å². The molecule has 0 amide bonds. The van der Waals surface area contributed by atoms with E-state index in [0.29, 0.717) is 13.1 Å². The van der Waals surface area contributed by atoms with Crippen molar-refractivity contribution in [2.24, 2.45) is 0 Å². The van der Waals surface area contributed by atoms with Gasteiger partial charge >= 0.3 is 0 Å². The number of pyridine rings is 1. The Morgan fingerprint density at radius 1 is 1.26 bits per heavy atom. The summed E-state index contributed by atoms with van der Waals surface area (Å²) in [6, 6.07) is 3.98. The van der Waals surface area contributed by atoms with Gasteiger partial charge in [0, 0.05) is 46.1 Å². The molecule has 142 valence electrons. The molecule has 0 radical (unpaired) electrons. The average molecular weight is 369 g/mol. The molecule has 0 saturated carbocycles. The molecule has 1 fully saturated rings. The predicted octanol–water partition coefficient (Wildman–Crippen LogP) is 0.679. The lowest BCUT2D eigenvalue weighted by Crippen LogP contribution is -2.46. The van der Waals surface area contributed by atoms with Gasteiger partial charge in [0.25, 0.3) is 0 Å². The SMILES string of the molecule is CN(C)c1ncnc2c1ncn2[C@H]1CN(Cc2cccnc2)C[C@@H](CO)O1. The second-order valence-corrected chi connectivity index (χ2v) is 6.87. The van der Waals surface area contributed by atoms with E-state index in [1.54, 1.807) is 12.5 Å². The highest BCUT2D eigenvalue weighted by atomic mass is 16.5. The molecule has 0 aromatic carbocycles. The van der Waals surface area contributed by atoms with Crippen molar-refractivity contribution in [2.45, 2.75) is 18.9 Å². The zero-order valence-electron chi connectivity index (χ0n) is 15.4. The Morgan fingerprint density at radius 3 is 2.89 bits per heavy atom. The van der Waals surface area contributed by atoms with E-state index in [1.807, 2.05) is 35.8 Å². The first-order valence-corrected chi connectivity index (χ1v) is 8.88. The fourth-order valence-electron chi connectivity index (χ4n) is 3.40. The summed E-state index contributed by atoms with van der Waals surface area (Å²) in [5.41, 5.74) is 2.58. The third kappa shape index (κ3) is 3.61. The number of rotatable bonds is 5. The zero-order valence-corrected chi connectivity index (χ0v) is 15.4. The van der Waals surface area contributed by atoms with Gasteiger partial charge in [-0.2, -0.15) is 0 Å². The number of nitrogens with zero attached hydrogens (tertiary/aromatic N) is 7. The van der Waals surface area contributed by atoms with Crippen LogP contribution in [-0.4, -0.2) is 74.4 Å². The minimum atomic E-state index is -0.289. The fourth-order valence-corrected chi connectivity index (χ4v) is 3.40. The molecule has 4 heterocycles. The summed E-state index contributed by atoms with van der Waals surface area (Å²) in [6.45, 7) is 2.03. The number of hydrogen-bond donors (Lipinski definition) is 1. The van der Waals surface area contributed by atoms with E-state index in [1.165, 1.54) is 6.33 Å². The van der Waals surface area contributed by atoms with Crippen LogP contribution >= 0.6 is 0 Å². The van der Waals surface area contributed by atoms with E-state index in [4.69, 9.17) is 4.74 Å². The van der Waals surface area contributed by atoms with Gasteiger partial charge in [0.15, 0.2) is 17.0 Å². The first-order valence-electron chi connectivity index (χ1n) is 8.88. The molecule has 1 saturated heterocycles. The van der Waals surface area contributed by atoms with E-state index in [9.17, 15) is 5.11 Å². The summed E-state index contributed by atoms with van der Waals surface area (Å²) >= 11 is 0. The van der Waals surface area contributed by atoms with E-state index in [-0.39, 0.29) is 18.9 Å². The first-order chi connectivity index (χ1) is 13.2. The molecule has 1 N–H and O–H groups in total. The minimum Gasteiger partial charge on any atom is -0.394 e. The molecule has 1 aliphatic heterocycles. The molecular formula is C18H23N7O2. The summed E-state index contributed by atoms with van der Waals surface area (Å²) in [6.07, 6.45) is 6.34. The highest BCUT2D eigenvalue weighted by molar-refractivity contribution is 5.83. The lowest BCUT2D eigenvalue weighted by atomic mass is 10.2. The number of morpholine rings is 1. The molecule has 2 atom stereocenters. The second kappa shape index (κ2) is 7.55. The summed E-state index contributed by atoms with van der Waals surface area (Å²) < 4.78 is 8.02. The fraction of sp³-hybridized carbons (Fsp3) is 0.444. The Morgan fingerprint density at radius 2 is 2.15 bits per heavy atom. The lowest BCUT2D eigenvalue weighted by molar-refractivity contribution is -0.135. The van der Waals surface area contributed by atoms with Gasteiger partial charge in [-0.15, -0.1) is 0 Å². The molecule has 3 aromatic rings. The minimum absolute atomic E-state index is 0.0371. The molecule has 0 unspecified atom stereocenters. The number of fused-ring (bicyclic) bond motifs is 1. The Labute approximate surface area is 157 Å². The molecule has 9 heteroatoms. The molecule has 3 aromatic heterocycles. The van der Waals surface area contributed by atoms with Crippen LogP contribution in [0.1, 0.15) is 11.8 Å². The van der Waals surface area contributed by atoms with Crippen LogP contribution in [-0.2, 0) is 11.3 Å². The Bertz CT molecular complexity index is 899. The van der Waals surface area contributed by atoms with Gasteiger partial charge in [-0.25, -0.2) is 15.0 Å². The number of hydrogen-bond acceptors (Lipinski definition) is 8. The van der Waals surface area contributed by atoms with Gasteiger partial charge in [0.2, 0.25) is 0 Å². The molecule has 4 rings (SSSR count). The van der Waals surface area contributed by atoms with Crippen molar-refractivity contribution in [1.29, 1.82) is 0 Å². The number of aliphatic hydroxyl groups is 1.